The van der Waals surface area contributed by atoms with Crippen molar-refractivity contribution in [2.24, 2.45) is 0 Å². The van der Waals surface area contributed by atoms with E-state index in [2.05, 4.69) is 6.92 Å². The number of hydrogen-bond donors (Lipinski definition) is 0. The second-order valence-electron chi connectivity index (χ2n) is 7.91. The van der Waals surface area contributed by atoms with Crippen molar-refractivity contribution in [3.8, 4) is 0 Å². The van der Waals surface area contributed by atoms with Gasteiger partial charge in [-0.2, -0.15) is 0 Å². The zero-order valence-corrected chi connectivity index (χ0v) is 17.2. The van der Waals surface area contributed by atoms with Crippen LogP contribution in [-0.2, 0) is 13.0 Å². The molecule has 0 atom stereocenters. The molecule has 0 N–H and O–H groups in total. The summed E-state index contributed by atoms with van der Waals surface area (Å²) in [6, 6.07) is 0.339. The maximum absolute atomic E-state index is 13.4. The van der Waals surface area contributed by atoms with Crippen molar-refractivity contribution < 1.29 is 4.79 Å². The molecule has 1 fully saturated rings. The molecule has 0 bridgehead atoms. The number of fused-ring (bicyclic) bond motifs is 2. The molecule has 0 saturated heterocycles. The first-order valence-corrected chi connectivity index (χ1v) is 11.3. The second-order valence-corrected chi connectivity index (χ2v) is 8.91. The molecule has 0 unspecified atom stereocenters. The average molecular weight is 388 g/mol. The van der Waals surface area contributed by atoms with E-state index in [0.29, 0.717) is 16.3 Å². The van der Waals surface area contributed by atoms with E-state index in [1.54, 1.807) is 0 Å². The highest BCUT2D eigenvalue weighted by molar-refractivity contribution is 7.20. The zero-order valence-electron chi connectivity index (χ0n) is 16.4. The predicted molar refractivity (Wildman–Crippen MR) is 110 cm³/mol. The lowest BCUT2D eigenvalue weighted by Gasteiger charge is -2.33. The van der Waals surface area contributed by atoms with Crippen LogP contribution in [0.3, 0.4) is 0 Å². The van der Waals surface area contributed by atoms with Gasteiger partial charge in [0, 0.05) is 25.6 Å². The summed E-state index contributed by atoms with van der Waals surface area (Å²) in [5.74, 6) is 0.981. The second kappa shape index (κ2) is 7.74. The first-order chi connectivity index (χ1) is 13.1. The van der Waals surface area contributed by atoms with Crippen molar-refractivity contribution in [2.45, 2.75) is 84.2 Å². The first kappa shape index (κ1) is 18.7. The minimum Gasteiger partial charge on any atom is -0.335 e. The lowest BCUT2D eigenvalue weighted by molar-refractivity contribution is 0.0652. The molecule has 0 spiro atoms. The summed E-state index contributed by atoms with van der Waals surface area (Å²) in [5, 5.41) is 0.661. The Hall–Kier alpha value is -1.69. The Labute approximate surface area is 164 Å². The predicted octanol–water partition coefficient (Wildman–Crippen LogP) is 4.29. The highest BCUT2D eigenvalue weighted by Crippen LogP contribution is 2.31. The summed E-state index contributed by atoms with van der Waals surface area (Å²) in [7, 11) is 0. The molecule has 2 aromatic heterocycles. The third-order valence-corrected chi connectivity index (χ3v) is 7.40. The van der Waals surface area contributed by atoms with Crippen LogP contribution in [0.2, 0.25) is 0 Å². The van der Waals surface area contributed by atoms with Gasteiger partial charge in [0.25, 0.3) is 11.5 Å². The van der Waals surface area contributed by atoms with Gasteiger partial charge in [-0.15, -0.1) is 11.3 Å². The van der Waals surface area contributed by atoms with Gasteiger partial charge < -0.3 is 4.90 Å². The molecule has 1 aliphatic heterocycles. The number of aromatic nitrogens is 2. The molecule has 3 heterocycles. The zero-order chi connectivity index (χ0) is 19.0. The van der Waals surface area contributed by atoms with Gasteiger partial charge in [-0.1, -0.05) is 25.7 Å². The Morgan fingerprint density at radius 1 is 1.19 bits per heavy atom. The van der Waals surface area contributed by atoms with E-state index < -0.39 is 0 Å². The van der Waals surface area contributed by atoms with Gasteiger partial charge in [0.1, 0.15) is 10.7 Å². The van der Waals surface area contributed by atoms with Crippen LogP contribution in [0.1, 0.15) is 79.3 Å². The normalized spacial score (nSPS) is 18.3. The number of carbonyl (C=O) groups is 1. The van der Waals surface area contributed by atoms with Crippen LogP contribution in [0.15, 0.2) is 4.79 Å². The minimum atomic E-state index is 0.0467. The number of hydrogen-bond acceptors (Lipinski definition) is 4. The van der Waals surface area contributed by atoms with E-state index >= 15 is 0 Å². The molecular formula is C21H29N3O2S. The Kier molecular flexibility index (Phi) is 5.35. The van der Waals surface area contributed by atoms with Gasteiger partial charge in [-0.3, -0.25) is 14.2 Å². The molecule has 0 radical (unpaired) electrons. The van der Waals surface area contributed by atoms with Crippen molar-refractivity contribution >= 4 is 27.5 Å². The third-order valence-electron chi connectivity index (χ3n) is 6.22. The largest absolute Gasteiger partial charge is 0.335 e. The molecule has 0 aromatic carbocycles. The van der Waals surface area contributed by atoms with Crippen molar-refractivity contribution in [2.75, 3.05) is 6.54 Å². The van der Waals surface area contributed by atoms with E-state index in [0.717, 1.165) is 67.8 Å². The van der Waals surface area contributed by atoms with Crippen molar-refractivity contribution in [1.29, 1.82) is 0 Å². The molecule has 1 amide bonds. The van der Waals surface area contributed by atoms with Gasteiger partial charge in [0.2, 0.25) is 0 Å². The molecule has 4 rings (SSSR count). The monoisotopic (exact) mass is 387 g/mol. The van der Waals surface area contributed by atoms with Gasteiger partial charge in [0.15, 0.2) is 0 Å². The number of aryl methyl sites for hydroxylation is 2. The highest BCUT2D eigenvalue weighted by atomic mass is 32.1. The molecular weight excluding hydrogens is 358 g/mol. The molecule has 6 heteroatoms. The van der Waals surface area contributed by atoms with E-state index in [1.165, 1.54) is 30.6 Å². The van der Waals surface area contributed by atoms with Crippen LogP contribution in [0.25, 0.3) is 10.2 Å². The molecule has 27 heavy (non-hydrogen) atoms. The Morgan fingerprint density at radius 2 is 1.93 bits per heavy atom. The lowest BCUT2D eigenvalue weighted by atomic mass is 9.94. The van der Waals surface area contributed by atoms with Crippen molar-refractivity contribution in [1.82, 2.24) is 14.5 Å². The fourth-order valence-corrected chi connectivity index (χ4v) is 5.85. The molecule has 1 aliphatic carbocycles. The van der Waals surface area contributed by atoms with Crippen LogP contribution in [0, 0.1) is 6.92 Å². The number of rotatable bonds is 3. The topological polar surface area (TPSA) is 55.2 Å². The van der Waals surface area contributed by atoms with Crippen LogP contribution in [0.5, 0.6) is 0 Å². The number of carbonyl (C=O) groups excluding carboxylic acids is 1. The van der Waals surface area contributed by atoms with Crippen LogP contribution < -0.4 is 5.56 Å². The quantitative estimate of drug-likeness (QED) is 0.789. The number of nitrogens with zero attached hydrogens (tertiary/aromatic N) is 3. The lowest BCUT2D eigenvalue weighted by Crippen LogP contribution is -2.41. The van der Waals surface area contributed by atoms with Crippen LogP contribution in [-0.4, -0.2) is 32.9 Å². The number of thiophene rings is 1. The van der Waals surface area contributed by atoms with Crippen LogP contribution in [0.4, 0.5) is 0 Å². The molecule has 1 saturated carbocycles. The summed E-state index contributed by atoms with van der Waals surface area (Å²) in [6.07, 6.45) is 9.99. The number of amides is 1. The highest BCUT2D eigenvalue weighted by Gasteiger charge is 2.29. The summed E-state index contributed by atoms with van der Waals surface area (Å²) in [5.41, 5.74) is 0.872. The van der Waals surface area contributed by atoms with E-state index in [1.807, 2.05) is 16.4 Å². The summed E-state index contributed by atoms with van der Waals surface area (Å²) < 4.78 is 1.85. The Morgan fingerprint density at radius 3 is 2.67 bits per heavy atom. The van der Waals surface area contributed by atoms with Gasteiger partial charge >= 0.3 is 0 Å². The Bertz CT molecular complexity index is 908. The fraction of sp³-hybridized carbons (Fsp3) is 0.667. The average Bonchev–Trinajstić information content (AvgIpc) is 2.85. The fourth-order valence-electron chi connectivity index (χ4n) is 4.70. The summed E-state index contributed by atoms with van der Waals surface area (Å²) in [6.45, 7) is 5.46. The Balaban J connectivity index is 1.76. The maximum Gasteiger partial charge on any atom is 0.264 e. The third kappa shape index (κ3) is 3.33. The SMILES string of the molecule is CCN(C(=O)c1sc2nc3n(c(=O)c2c1C)CCCCC3)C1CCCCC1. The molecule has 2 aliphatic rings. The summed E-state index contributed by atoms with van der Waals surface area (Å²) in [4.78, 5) is 34.8. The van der Waals surface area contributed by atoms with E-state index in [9.17, 15) is 9.59 Å². The minimum absolute atomic E-state index is 0.0467. The first-order valence-electron chi connectivity index (χ1n) is 10.5. The maximum atomic E-state index is 13.4. The van der Waals surface area contributed by atoms with E-state index in [4.69, 9.17) is 4.98 Å². The van der Waals surface area contributed by atoms with Crippen molar-refractivity contribution in [3.05, 3.63) is 26.6 Å². The van der Waals surface area contributed by atoms with E-state index in [-0.39, 0.29) is 11.5 Å². The van der Waals surface area contributed by atoms with Crippen molar-refractivity contribution in [3.63, 3.8) is 0 Å². The standard InChI is InChI=1S/C21H29N3O2S/c1-3-23(15-10-6-4-7-11-15)21(26)18-14(2)17-19(27-18)22-16-12-8-5-9-13-24(16)20(17)25/h15H,3-13H2,1-2H3. The van der Waals surface area contributed by atoms with Gasteiger partial charge in [0.05, 0.1) is 10.3 Å². The smallest absolute Gasteiger partial charge is 0.264 e. The molecule has 5 nitrogen and oxygen atoms in total. The van der Waals surface area contributed by atoms with Gasteiger partial charge in [-0.05, 0) is 45.1 Å². The summed E-state index contributed by atoms with van der Waals surface area (Å²) >= 11 is 1.42. The molecule has 146 valence electrons. The molecule has 2 aromatic rings. The van der Waals surface area contributed by atoms with Crippen LogP contribution >= 0.6 is 11.3 Å². The van der Waals surface area contributed by atoms with Gasteiger partial charge in [-0.25, -0.2) is 4.98 Å².